The van der Waals surface area contributed by atoms with Gasteiger partial charge in [0, 0.05) is 17.6 Å². The lowest BCUT2D eigenvalue weighted by Crippen LogP contribution is -2.18. The quantitative estimate of drug-likeness (QED) is 0.872. The number of benzene rings is 2. The lowest BCUT2D eigenvalue weighted by Gasteiger charge is -2.15. The minimum Gasteiger partial charge on any atom is -0.306 e. The van der Waals surface area contributed by atoms with Crippen LogP contribution in [0.25, 0.3) is 0 Å². The molecular formula is C15H14ClF2N. The van der Waals surface area contributed by atoms with E-state index >= 15 is 0 Å². The predicted octanol–water partition coefficient (Wildman–Crippen LogP) is 4.47. The summed E-state index contributed by atoms with van der Waals surface area (Å²) in [6.45, 7) is 2.41. The Morgan fingerprint density at radius 1 is 1.05 bits per heavy atom. The molecule has 100 valence electrons. The summed E-state index contributed by atoms with van der Waals surface area (Å²) < 4.78 is 25.9. The van der Waals surface area contributed by atoms with Crippen LogP contribution >= 0.6 is 11.6 Å². The molecule has 0 bridgehead atoms. The molecule has 0 aliphatic heterocycles. The molecule has 2 rings (SSSR count). The first-order valence-electron chi connectivity index (χ1n) is 5.99. The minimum atomic E-state index is -0.310. The summed E-state index contributed by atoms with van der Waals surface area (Å²) in [5.41, 5.74) is 1.67. The Labute approximate surface area is 116 Å². The van der Waals surface area contributed by atoms with Crippen LogP contribution in [0.3, 0.4) is 0 Å². The third-order valence-electron chi connectivity index (χ3n) is 2.98. The largest absolute Gasteiger partial charge is 0.306 e. The van der Waals surface area contributed by atoms with Gasteiger partial charge in [-0.25, -0.2) is 8.78 Å². The number of halogens is 3. The summed E-state index contributed by atoms with van der Waals surface area (Å²) in [5, 5.41) is 3.76. The van der Waals surface area contributed by atoms with Crippen molar-refractivity contribution in [2.24, 2.45) is 0 Å². The average Bonchev–Trinajstić information content (AvgIpc) is 2.40. The minimum absolute atomic E-state index is 0.0277. The molecule has 0 amide bonds. The van der Waals surface area contributed by atoms with Gasteiger partial charge in [0.2, 0.25) is 0 Å². The maximum absolute atomic E-state index is 13.1. The summed E-state index contributed by atoms with van der Waals surface area (Å²) >= 11 is 5.99. The molecule has 0 heterocycles. The van der Waals surface area contributed by atoms with E-state index < -0.39 is 0 Å². The number of hydrogen-bond acceptors (Lipinski definition) is 1. The third-order valence-corrected chi connectivity index (χ3v) is 3.35. The topological polar surface area (TPSA) is 12.0 Å². The zero-order chi connectivity index (χ0) is 13.8. The van der Waals surface area contributed by atoms with Gasteiger partial charge in [0.1, 0.15) is 11.6 Å². The van der Waals surface area contributed by atoms with Crippen LogP contribution in [0.4, 0.5) is 8.78 Å². The van der Waals surface area contributed by atoms with Gasteiger partial charge in [0.05, 0.1) is 0 Å². The number of nitrogens with one attached hydrogen (secondary N) is 1. The maximum atomic E-state index is 13.1. The van der Waals surface area contributed by atoms with Crippen molar-refractivity contribution in [3.05, 3.63) is 70.2 Å². The van der Waals surface area contributed by atoms with E-state index in [4.69, 9.17) is 11.6 Å². The van der Waals surface area contributed by atoms with Gasteiger partial charge in [-0.2, -0.15) is 0 Å². The lowest BCUT2D eigenvalue weighted by molar-refractivity contribution is 0.566. The molecule has 0 aliphatic carbocycles. The van der Waals surface area contributed by atoms with Gasteiger partial charge in [0.15, 0.2) is 0 Å². The molecule has 0 aliphatic rings. The molecule has 2 aromatic rings. The maximum Gasteiger partial charge on any atom is 0.123 e. The van der Waals surface area contributed by atoms with Crippen molar-refractivity contribution in [1.29, 1.82) is 0 Å². The van der Waals surface area contributed by atoms with E-state index in [1.165, 1.54) is 30.3 Å². The van der Waals surface area contributed by atoms with Crippen LogP contribution < -0.4 is 5.32 Å². The Morgan fingerprint density at radius 2 is 1.68 bits per heavy atom. The van der Waals surface area contributed by atoms with Crippen LogP contribution in [0.5, 0.6) is 0 Å². The van der Waals surface area contributed by atoms with Crippen molar-refractivity contribution < 1.29 is 8.78 Å². The van der Waals surface area contributed by atoms with Crippen LogP contribution in [0.1, 0.15) is 24.1 Å². The fourth-order valence-electron chi connectivity index (χ4n) is 1.81. The Balaban J connectivity index is 2.02. The van der Waals surface area contributed by atoms with Crippen LogP contribution in [-0.4, -0.2) is 0 Å². The van der Waals surface area contributed by atoms with Crippen molar-refractivity contribution in [1.82, 2.24) is 5.32 Å². The molecule has 0 aromatic heterocycles. The molecule has 4 heteroatoms. The van der Waals surface area contributed by atoms with Gasteiger partial charge in [-0.15, -0.1) is 0 Å². The molecule has 1 unspecified atom stereocenters. The standard InChI is InChI=1S/C15H14ClF2N/c1-10(11-2-4-13(17)5-3-11)19-9-12-8-14(18)6-7-15(12)16/h2-8,10,19H,9H2,1H3. The van der Waals surface area contributed by atoms with Crippen molar-refractivity contribution in [3.63, 3.8) is 0 Å². The van der Waals surface area contributed by atoms with Crippen LogP contribution in [0.15, 0.2) is 42.5 Å². The lowest BCUT2D eigenvalue weighted by atomic mass is 10.1. The molecule has 0 fully saturated rings. The summed E-state index contributed by atoms with van der Waals surface area (Å²) in [4.78, 5) is 0. The van der Waals surface area contributed by atoms with Gasteiger partial charge < -0.3 is 5.32 Å². The summed E-state index contributed by atoms with van der Waals surface area (Å²) in [6, 6.07) is 10.6. The second kappa shape index (κ2) is 6.13. The Bertz CT molecular complexity index is 555. The van der Waals surface area contributed by atoms with E-state index in [-0.39, 0.29) is 17.7 Å². The first-order valence-corrected chi connectivity index (χ1v) is 6.37. The molecule has 2 aromatic carbocycles. The summed E-state index contributed by atoms with van der Waals surface area (Å²) in [6.07, 6.45) is 0. The monoisotopic (exact) mass is 281 g/mol. The smallest absolute Gasteiger partial charge is 0.123 e. The van der Waals surface area contributed by atoms with Gasteiger partial charge in [-0.3, -0.25) is 0 Å². The Kier molecular flexibility index (Phi) is 4.51. The first kappa shape index (κ1) is 14.0. The Hall–Kier alpha value is -1.45. The molecular weight excluding hydrogens is 268 g/mol. The highest BCUT2D eigenvalue weighted by Crippen LogP contribution is 2.19. The zero-order valence-corrected chi connectivity index (χ0v) is 11.2. The number of rotatable bonds is 4. The normalized spacial score (nSPS) is 12.4. The van der Waals surface area contributed by atoms with Gasteiger partial charge >= 0.3 is 0 Å². The predicted molar refractivity (Wildman–Crippen MR) is 73.1 cm³/mol. The molecule has 0 radical (unpaired) electrons. The van der Waals surface area contributed by atoms with Gasteiger partial charge in [-0.05, 0) is 48.4 Å². The van der Waals surface area contributed by atoms with E-state index in [9.17, 15) is 8.78 Å². The highest BCUT2D eigenvalue weighted by atomic mass is 35.5. The average molecular weight is 282 g/mol. The molecule has 0 spiro atoms. The van der Waals surface area contributed by atoms with E-state index in [0.717, 1.165) is 5.56 Å². The second-order valence-corrected chi connectivity index (χ2v) is 4.80. The van der Waals surface area contributed by atoms with Gasteiger partial charge in [0.25, 0.3) is 0 Å². The molecule has 19 heavy (non-hydrogen) atoms. The zero-order valence-electron chi connectivity index (χ0n) is 10.5. The molecule has 0 saturated heterocycles. The fraction of sp³-hybridized carbons (Fsp3) is 0.200. The summed E-state index contributed by atoms with van der Waals surface area (Å²) in [7, 11) is 0. The second-order valence-electron chi connectivity index (χ2n) is 4.39. The van der Waals surface area contributed by atoms with Crippen molar-refractivity contribution in [3.8, 4) is 0 Å². The highest BCUT2D eigenvalue weighted by Gasteiger charge is 2.07. The fourth-order valence-corrected chi connectivity index (χ4v) is 2.00. The van der Waals surface area contributed by atoms with Crippen LogP contribution in [0, 0.1) is 11.6 Å². The SMILES string of the molecule is CC(NCc1cc(F)ccc1Cl)c1ccc(F)cc1. The molecule has 1 N–H and O–H groups in total. The van der Waals surface area contributed by atoms with Crippen LogP contribution in [-0.2, 0) is 6.54 Å². The Morgan fingerprint density at radius 3 is 2.37 bits per heavy atom. The van der Waals surface area contributed by atoms with Crippen molar-refractivity contribution >= 4 is 11.6 Å². The van der Waals surface area contributed by atoms with Crippen molar-refractivity contribution in [2.75, 3.05) is 0 Å². The third kappa shape index (κ3) is 3.75. The van der Waals surface area contributed by atoms with Crippen molar-refractivity contribution in [2.45, 2.75) is 19.5 Å². The van der Waals surface area contributed by atoms with E-state index in [2.05, 4.69) is 5.32 Å². The molecule has 0 saturated carbocycles. The number of hydrogen-bond donors (Lipinski definition) is 1. The van der Waals surface area contributed by atoms with E-state index in [1.54, 1.807) is 12.1 Å². The highest BCUT2D eigenvalue weighted by molar-refractivity contribution is 6.31. The van der Waals surface area contributed by atoms with E-state index in [1.807, 2.05) is 6.92 Å². The van der Waals surface area contributed by atoms with Crippen LogP contribution in [0.2, 0.25) is 5.02 Å². The summed E-state index contributed by atoms with van der Waals surface area (Å²) in [5.74, 6) is -0.570. The molecule has 1 nitrogen and oxygen atoms in total. The first-order chi connectivity index (χ1) is 9.06. The van der Waals surface area contributed by atoms with Gasteiger partial charge in [-0.1, -0.05) is 23.7 Å². The molecule has 1 atom stereocenters. The van der Waals surface area contributed by atoms with E-state index in [0.29, 0.717) is 17.1 Å².